The van der Waals surface area contributed by atoms with Gasteiger partial charge in [-0.05, 0) is 23.6 Å². The highest BCUT2D eigenvalue weighted by Crippen LogP contribution is 2.25. The molecule has 0 radical (unpaired) electrons. The molecule has 3 heterocycles. The lowest BCUT2D eigenvalue weighted by Crippen LogP contribution is -2.47. The largest absolute Gasteiger partial charge is 0.379 e. The predicted molar refractivity (Wildman–Crippen MR) is 115 cm³/mol. The lowest BCUT2D eigenvalue weighted by Gasteiger charge is -2.34. The third-order valence-electron chi connectivity index (χ3n) is 4.67. The van der Waals surface area contributed by atoms with Gasteiger partial charge in [-0.3, -0.25) is 19.7 Å². The van der Waals surface area contributed by atoms with E-state index in [1.807, 2.05) is 0 Å². The number of carbonyl (C=O) groups excluding carboxylic acids is 1. The molecule has 156 valence electrons. The van der Waals surface area contributed by atoms with E-state index in [1.54, 1.807) is 42.9 Å². The van der Waals surface area contributed by atoms with Crippen molar-refractivity contribution in [2.45, 2.75) is 6.04 Å². The number of guanidine groups is 1. The number of nitrogens with zero attached hydrogens (tertiary/aromatic N) is 3. The summed E-state index contributed by atoms with van der Waals surface area (Å²) in [5.74, 6) is 0.586. The Kier molecular flexibility index (Phi) is 8.41. The molecule has 29 heavy (non-hydrogen) atoms. The number of ether oxygens (including phenoxy) is 1. The molecule has 3 N–H and O–H groups in total. The summed E-state index contributed by atoms with van der Waals surface area (Å²) in [5.41, 5.74) is 0.555. The smallest absolute Gasteiger partial charge is 0.252 e. The first-order valence-corrected chi connectivity index (χ1v) is 10.6. The van der Waals surface area contributed by atoms with Crippen LogP contribution in [-0.2, 0) is 4.74 Å². The van der Waals surface area contributed by atoms with Crippen LogP contribution in [0, 0.1) is 0 Å². The van der Waals surface area contributed by atoms with Crippen molar-refractivity contribution >= 4 is 23.2 Å². The summed E-state index contributed by atoms with van der Waals surface area (Å²) in [4.78, 5) is 24.1. The molecule has 1 unspecified atom stereocenters. The minimum absolute atomic E-state index is 0.132. The Morgan fingerprint density at radius 1 is 1.24 bits per heavy atom. The average Bonchev–Trinajstić information content (AvgIpc) is 3.31. The Balaban J connectivity index is 1.44. The van der Waals surface area contributed by atoms with Crippen molar-refractivity contribution in [2.75, 3.05) is 53.0 Å². The van der Waals surface area contributed by atoms with Crippen LogP contribution in [0.25, 0.3) is 0 Å². The molecule has 1 aliphatic heterocycles. The molecule has 0 aliphatic carbocycles. The van der Waals surface area contributed by atoms with E-state index >= 15 is 0 Å². The fraction of sp³-hybridized carbons (Fsp3) is 0.450. The minimum atomic E-state index is -0.132. The lowest BCUT2D eigenvalue weighted by molar-refractivity contribution is 0.0177. The summed E-state index contributed by atoms with van der Waals surface area (Å²) >= 11 is 1.77. The van der Waals surface area contributed by atoms with E-state index < -0.39 is 0 Å². The standard InChI is InChI=1S/C20H28N6O2S/c1-21-20(24-8-7-23-19(27)16-4-2-6-22-14-16)25-15-17(18-5-3-13-29-18)26-9-11-28-12-10-26/h2-6,13-14,17H,7-12,15H2,1H3,(H,23,27)(H2,21,24,25). The van der Waals surface area contributed by atoms with E-state index in [0.29, 0.717) is 18.7 Å². The molecular formula is C20H28N6O2S. The highest BCUT2D eigenvalue weighted by Gasteiger charge is 2.23. The number of carbonyl (C=O) groups is 1. The van der Waals surface area contributed by atoms with Gasteiger partial charge in [-0.15, -0.1) is 11.3 Å². The Bertz CT molecular complexity index is 763. The summed E-state index contributed by atoms with van der Waals surface area (Å²) in [5, 5.41) is 11.6. The van der Waals surface area contributed by atoms with Crippen LogP contribution in [0.15, 0.2) is 47.0 Å². The normalized spacial score (nSPS) is 16.2. The van der Waals surface area contributed by atoms with Crippen molar-refractivity contribution in [3.63, 3.8) is 0 Å². The van der Waals surface area contributed by atoms with Crippen molar-refractivity contribution in [1.82, 2.24) is 25.8 Å². The summed E-state index contributed by atoms with van der Waals surface area (Å²) in [7, 11) is 1.75. The van der Waals surface area contributed by atoms with Crippen LogP contribution < -0.4 is 16.0 Å². The molecule has 0 saturated carbocycles. The second-order valence-electron chi connectivity index (χ2n) is 6.56. The Labute approximate surface area is 175 Å². The van der Waals surface area contributed by atoms with Gasteiger partial charge in [-0.25, -0.2) is 0 Å². The van der Waals surface area contributed by atoms with Gasteiger partial charge in [0.15, 0.2) is 5.96 Å². The number of hydrogen-bond acceptors (Lipinski definition) is 6. The van der Waals surface area contributed by atoms with E-state index in [0.717, 1.165) is 38.8 Å². The number of morpholine rings is 1. The minimum Gasteiger partial charge on any atom is -0.379 e. The van der Waals surface area contributed by atoms with Gasteiger partial charge in [0.05, 0.1) is 24.8 Å². The van der Waals surface area contributed by atoms with Gasteiger partial charge in [0.2, 0.25) is 0 Å². The molecule has 1 amide bonds. The Morgan fingerprint density at radius 3 is 2.76 bits per heavy atom. The number of rotatable bonds is 8. The maximum atomic E-state index is 12.0. The first kappa shape index (κ1) is 21.2. The van der Waals surface area contributed by atoms with Crippen molar-refractivity contribution < 1.29 is 9.53 Å². The molecule has 0 spiro atoms. The van der Waals surface area contributed by atoms with Gasteiger partial charge < -0.3 is 20.7 Å². The molecule has 1 aliphatic rings. The van der Waals surface area contributed by atoms with Crippen molar-refractivity contribution in [1.29, 1.82) is 0 Å². The zero-order chi connectivity index (χ0) is 20.3. The lowest BCUT2D eigenvalue weighted by atomic mass is 10.2. The third kappa shape index (κ3) is 6.52. The van der Waals surface area contributed by atoms with Crippen LogP contribution in [0.4, 0.5) is 0 Å². The molecule has 1 saturated heterocycles. The van der Waals surface area contributed by atoms with Crippen molar-refractivity contribution in [3.05, 3.63) is 52.5 Å². The molecule has 3 rings (SSSR count). The van der Waals surface area contributed by atoms with Crippen LogP contribution in [0.2, 0.25) is 0 Å². The highest BCUT2D eigenvalue weighted by atomic mass is 32.1. The molecule has 1 fully saturated rings. The maximum Gasteiger partial charge on any atom is 0.252 e. The van der Waals surface area contributed by atoms with Crippen LogP contribution in [0.1, 0.15) is 21.3 Å². The summed E-state index contributed by atoms with van der Waals surface area (Å²) in [6.45, 7) is 5.21. The SMILES string of the molecule is CN=C(NCCNC(=O)c1cccnc1)NCC(c1cccs1)N1CCOCC1. The van der Waals surface area contributed by atoms with Gasteiger partial charge >= 0.3 is 0 Å². The maximum absolute atomic E-state index is 12.0. The fourth-order valence-electron chi connectivity index (χ4n) is 3.15. The first-order valence-electron chi connectivity index (χ1n) is 9.76. The zero-order valence-corrected chi connectivity index (χ0v) is 17.5. The summed E-state index contributed by atoms with van der Waals surface area (Å²) in [6.07, 6.45) is 3.20. The van der Waals surface area contributed by atoms with E-state index in [9.17, 15) is 4.79 Å². The molecule has 0 bridgehead atoms. The number of amides is 1. The topological polar surface area (TPSA) is 90.9 Å². The van der Waals surface area contributed by atoms with Crippen molar-refractivity contribution in [2.24, 2.45) is 4.99 Å². The van der Waals surface area contributed by atoms with Crippen LogP contribution >= 0.6 is 11.3 Å². The van der Waals surface area contributed by atoms with Gasteiger partial charge in [-0.2, -0.15) is 0 Å². The zero-order valence-electron chi connectivity index (χ0n) is 16.6. The summed E-state index contributed by atoms with van der Waals surface area (Å²) in [6, 6.07) is 8.04. The molecule has 0 aromatic carbocycles. The molecule has 1 atom stereocenters. The number of aliphatic imine (C=N–C) groups is 1. The number of nitrogens with one attached hydrogen (secondary N) is 3. The first-order chi connectivity index (χ1) is 14.3. The highest BCUT2D eigenvalue weighted by molar-refractivity contribution is 7.10. The quantitative estimate of drug-likeness (QED) is 0.339. The molecule has 9 heteroatoms. The second-order valence-corrected chi connectivity index (χ2v) is 7.54. The van der Waals surface area contributed by atoms with Crippen LogP contribution in [0.3, 0.4) is 0 Å². The second kappa shape index (κ2) is 11.5. The number of aromatic nitrogens is 1. The van der Waals surface area contributed by atoms with Crippen LogP contribution in [0.5, 0.6) is 0 Å². The van der Waals surface area contributed by atoms with E-state index in [2.05, 4.69) is 48.3 Å². The molecule has 2 aromatic heterocycles. The Hall–Kier alpha value is -2.49. The Morgan fingerprint density at radius 2 is 2.07 bits per heavy atom. The molecule has 8 nitrogen and oxygen atoms in total. The third-order valence-corrected chi connectivity index (χ3v) is 5.64. The number of hydrogen-bond donors (Lipinski definition) is 3. The van der Waals surface area contributed by atoms with Gasteiger partial charge in [0.25, 0.3) is 5.91 Å². The van der Waals surface area contributed by atoms with E-state index in [1.165, 1.54) is 4.88 Å². The van der Waals surface area contributed by atoms with E-state index in [-0.39, 0.29) is 11.9 Å². The number of pyridine rings is 1. The number of thiophene rings is 1. The van der Waals surface area contributed by atoms with Gasteiger partial charge in [-0.1, -0.05) is 6.07 Å². The molecular weight excluding hydrogens is 388 g/mol. The average molecular weight is 417 g/mol. The monoisotopic (exact) mass is 416 g/mol. The molecule has 2 aromatic rings. The van der Waals surface area contributed by atoms with Gasteiger partial charge in [0, 0.05) is 57.0 Å². The predicted octanol–water partition coefficient (Wildman–Crippen LogP) is 1.11. The van der Waals surface area contributed by atoms with Gasteiger partial charge in [0.1, 0.15) is 0 Å². The van der Waals surface area contributed by atoms with E-state index in [4.69, 9.17) is 4.74 Å². The summed E-state index contributed by atoms with van der Waals surface area (Å²) < 4.78 is 5.50. The van der Waals surface area contributed by atoms with Crippen LogP contribution in [-0.4, -0.2) is 74.7 Å². The fourth-order valence-corrected chi connectivity index (χ4v) is 4.01. The van der Waals surface area contributed by atoms with Crippen molar-refractivity contribution in [3.8, 4) is 0 Å².